The molecule has 0 bridgehead atoms. The Hall–Kier alpha value is -4.59. The van der Waals surface area contributed by atoms with E-state index in [0.717, 1.165) is 11.1 Å². The average molecular weight is 565 g/mol. The second-order valence-electron chi connectivity index (χ2n) is 8.40. The molecule has 0 heterocycles. The lowest BCUT2D eigenvalue weighted by Gasteiger charge is -2.22. The maximum absolute atomic E-state index is 13.7. The first-order chi connectivity index (χ1) is 19.5. The monoisotopic (exact) mass is 565 g/mol. The molecule has 0 aliphatic rings. The standard InChI is InChI=1S/C30H28NO8P/c32-29(35-21-24-13-5-1-6-14-24)28(31-30(33)36-22-25-15-7-2-8-16-25)23-37-40(34,38-26-17-9-3-10-18-26)39-27-19-11-4-12-20-27/h1-20,28H,21-23H2,(H,31,33)/t28-/m0/s1/i23+1,28+1,29+1,31+1. The third-order valence-corrected chi connectivity index (χ3v) is 6.67. The smallest absolute Gasteiger partial charge is 0.459 e. The Morgan fingerprint density at radius 1 is 0.625 bits per heavy atom. The molecular formula is C30H28NO8P. The maximum atomic E-state index is 13.7. The molecule has 40 heavy (non-hydrogen) atoms. The summed E-state index contributed by atoms with van der Waals surface area (Å²) in [6.07, 6.45) is -0.892. The van der Waals surface area contributed by atoms with Crippen molar-refractivity contribution in [3.05, 3.63) is 132 Å². The number of carbonyl (C=O) groups excluding carboxylic acids is 2. The average Bonchev–Trinajstić information content (AvgIpc) is 2.99. The second kappa shape index (κ2) is 14.5. The number of benzene rings is 4. The normalized spacial score (nSPS) is 11.6. The van der Waals surface area contributed by atoms with Gasteiger partial charge in [0.2, 0.25) is 0 Å². The maximum Gasteiger partial charge on any atom is 0.587 e. The summed E-state index contributed by atoms with van der Waals surface area (Å²) in [5.41, 5.74) is 1.50. The van der Waals surface area contributed by atoms with Gasteiger partial charge < -0.3 is 23.8 Å². The van der Waals surface area contributed by atoms with Gasteiger partial charge in [-0.1, -0.05) is 97.1 Å². The van der Waals surface area contributed by atoms with Crippen LogP contribution in [0.5, 0.6) is 11.5 Å². The van der Waals surface area contributed by atoms with Gasteiger partial charge in [-0.05, 0) is 35.4 Å². The fourth-order valence-electron chi connectivity index (χ4n) is 3.36. The number of hydrogen-bond donors (Lipinski definition) is 1. The number of ether oxygens (including phenoxy) is 2. The van der Waals surface area contributed by atoms with Gasteiger partial charge >= 0.3 is 19.9 Å². The number of amides is 1. The van der Waals surface area contributed by atoms with E-state index in [4.69, 9.17) is 23.0 Å². The zero-order valence-corrected chi connectivity index (χ0v) is 22.4. The predicted molar refractivity (Wildman–Crippen MR) is 147 cm³/mol. The molecule has 10 heteroatoms. The molecule has 4 aromatic rings. The highest BCUT2D eigenvalue weighted by molar-refractivity contribution is 7.49. The Balaban J connectivity index is 1.47. The van der Waals surface area contributed by atoms with Gasteiger partial charge in [-0.3, -0.25) is 4.52 Å². The molecule has 9 nitrogen and oxygen atoms in total. The number of alkyl carbamates (subject to hydrolysis) is 1. The Labute approximate surface area is 232 Å². The Morgan fingerprint density at radius 3 is 1.52 bits per heavy atom. The van der Waals surface area contributed by atoms with Crippen LogP contribution in [0.15, 0.2) is 121 Å². The zero-order chi connectivity index (χ0) is 28.0. The summed E-state index contributed by atoms with van der Waals surface area (Å²) >= 11 is 0. The van der Waals surface area contributed by atoms with Crippen LogP contribution in [0.2, 0.25) is 0 Å². The van der Waals surface area contributed by atoms with Crippen molar-refractivity contribution < 1.29 is 37.2 Å². The third-order valence-electron chi connectivity index (χ3n) is 5.33. The van der Waals surface area contributed by atoms with Crippen LogP contribution in [0.3, 0.4) is 0 Å². The highest BCUT2D eigenvalue weighted by atomic mass is 31.2. The number of para-hydroxylation sites is 2. The number of hydrogen-bond acceptors (Lipinski definition) is 8. The SMILES string of the molecule is O=C([15NH][13C@@H]([13CH2]OP(=O)(Oc1ccccc1)Oc1ccccc1)[13C](=O)OCc1ccccc1)OCc1ccccc1. The van der Waals surface area contributed by atoms with Crippen molar-refractivity contribution in [2.45, 2.75) is 19.3 Å². The quantitative estimate of drug-likeness (QED) is 0.0870. The lowest BCUT2D eigenvalue weighted by Crippen LogP contribution is -2.45. The molecule has 0 unspecified atom stereocenters. The van der Waals surface area contributed by atoms with E-state index in [9.17, 15) is 14.2 Å². The van der Waals surface area contributed by atoms with E-state index in [1.54, 1.807) is 97.1 Å². The van der Waals surface area contributed by atoms with Gasteiger partial charge in [-0.2, -0.15) is 0 Å². The molecule has 4 rings (SSSR count). The summed E-state index contributed by atoms with van der Waals surface area (Å²) in [6, 6.07) is 33.3. The molecule has 0 aliphatic carbocycles. The van der Waals surface area contributed by atoms with Crippen molar-refractivity contribution in [1.82, 2.24) is 5.32 Å². The molecular weight excluding hydrogens is 537 g/mol. The summed E-state index contributed by atoms with van der Waals surface area (Å²) in [4.78, 5) is 25.6. The van der Waals surface area contributed by atoms with Crippen LogP contribution in [0.1, 0.15) is 11.1 Å². The molecule has 206 valence electrons. The van der Waals surface area contributed by atoms with Gasteiger partial charge in [0, 0.05) is 0 Å². The number of nitrogens with one attached hydrogen (secondary N) is 1. The van der Waals surface area contributed by atoms with E-state index in [0.29, 0.717) is 0 Å². The zero-order valence-electron chi connectivity index (χ0n) is 21.5. The van der Waals surface area contributed by atoms with Gasteiger partial charge in [0.05, 0.1) is 6.61 Å². The highest BCUT2D eigenvalue weighted by Gasteiger charge is 2.35. The Morgan fingerprint density at radius 2 is 1.05 bits per heavy atom. The van der Waals surface area contributed by atoms with Gasteiger partial charge in [-0.15, -0.1) is 0 Å². The molecule has 0 fully saturated rings. The Bertz CT molecular complexity index is 1340. The van der Waals surface area contributed by atoms with E-state index >= 15 is 0 Å². The fraction of sp³-hybridized carbons (Fsp3) is 0.133. The van der Waals surface area contributed by atoms with Crippen molar-refractivity contribution in [2.75, 3.05) is 6.61 Å². The van der Waals surface area contributed by atoms with E-state index < -0.39 is 32.5 Å². The molecule has 0 aliphatic heterocycles. The second-order valence-corrected chi connectivity index (χ2v) is 9.92. The molecule has 0 aromatic heterocycles. The number of rotatable bonds is 13. The van der Waals surface area contributed by atoms with E-state index in [1.165, 1.54) is 0 Å². The predicted octanol–water partition coefficient (Wildman–Crippen LogP) is 6.31. The Kier molecular flexibility index (Phi) is 10.3. The minimum atomic E-state index is -4.34. The highest BCUT2D eigenvalue weighted by Crippen LogP contribution is 2.49. The van der Waals surface area contributed by atoms with E-state index in [-0.39, 0.29) is 24.7 Å². The minimum Gasteiger partial charge on any atom is -0.459 e. The van der Waals surface area contributed by atoms with E-state index in [1.807, 2.05) is 24.3 Å². The summed E-state index contributed by atoms with van der Waals surface area (Å²) in [5.74, 6) is -0.383. The van der Waals surface area contributed by atoms with Crippen LogP contribution in [-0.2, 0) is 36.6 Å². The van der Waals surface area contributed by atoms with Crippen LogP contribution < -0.4 is 14.4 Å². The van der Waals surface area contributed by atoms with Crippen molar-refractivity contribution in [3.63, 3.8) is 0 Å². The van der Waals surface area contributed by atoms with Gasteiger partial charge in [-0.25, -0.2) is 14.2 Å². The number of phosphoric ester groups is 1. The van der Waals surface area contributed by atoms with Crippen molar-refractivity contribution in [3.8, 4) is 11.5 Å². The topological polar surface area (TPSA) is 109 Å². The van der Waals surface area contributed by atoms with Gasteiger partial charge in [0.25, 0.3) is 0 Å². The minimum absolute atomic E-state index is 0.0218. The molecule has 1 amide bonds. The third kappa shape index (κ3) is 9.31. The molecule has 0 saturated carbocycles. The molecule has 4 aromatic carbocycles. The first-order valence-electron chi connectivity index (χ1n) is 12.4. The first kappa shape index (κ1) is 28.4. The lowest BCUT2D eigenvalue weighted by atomic mass is 10.2. The molecule has 0 radical (unpaired) electrons. The number of carbonyl (C=O) groups is 2. The van der Waals surface area contributed by atoms with Crippen LogP contribution in [-0.4, -0.2) is 24.7 Å². The largest absolute Gasteiger partial charge is 0.587 e. The summed E-state index contributed by atoms with van der Waals surface area (Å²) in [7, 11) is -4.34. The molecule has 0 saturated heterocycles. The van der Waals surface area contributed by atoms with E-state index in [2.05, 4.69) is 5.32 Å². The first-order valence-corrected chi connectivity index (χ1v) is 13.9. The number of phosphoric acid groups is 1. The van der Waals surface area contributed by atoms with Crippen LogP contribution >= 0.6 is 7.82 Å². The summed E-state index contributed by atoms with van der Waals surface area (Å²) < 4.78 is 41.1. The fourth-order valence-corrected chi connectivity index (χ4v) is 4.60. The van der Waals surface area contributed by atoms with Crippen LogP contribution in [0.4, 0.5) is 4.79 Å². The summed E-state index contributed by atoms with van der Waals surface area (Å²) in [6.45, 7) is -0.660. The summed E-state index contributed by atoms with van der Waals surface area (Å²) in [5, 5.41) is 2.43. The van der Waals surface area contributed by atoms with Crippen molar-refractivity contribution in [2.24, 2.45) is 0 Å². The van der Waals surface area contributed by atoms with Crippen LogP contribution in [0, 0.1) is 0 Å². The van der Waals surface area contributed by atoms with Crippen molar-refractivity contribution in [1.29, 1.82) is 0 Å². The molecule has 0 spiro atoms. The lowest BCUT2D eigenvalue weighted by molar-refractivity contribution is -0.148. The van der Waals surface area contributed by atoms with Crippen molar-refractivity contribution >= 4 is 19.9 Å². The molecule has 1 N–H and O–H groups in total. The van der Waals surface area contributed by atoms with Crippen LogP contribution in [0.25, 0.3) is 0 Å². The van der Waals surface area contributed by atoms with Gasteiger partial charge in [0.15, 0.2) is 6.04 Å². The van der Waals surface area contributed by atoms with Gasteiger partial charge in [0.1, 0.15) is 24.7 Å². The number of esters is 1. The molecule has 1 atom stereocenters.